The van der Waals surface area contributed by atoms with Crippen molar-refractivity contribution in [3.8, 4) is 5.75 Å². The second-order valence-electron chi connectivity index (χ2n) is 4.91. The van der Waals surface area contributed by atoms with Crippen LogP contribution in [0.2, 0.25) is 0 Å². The molecular formula is C14H19FO2. The van der Waals surface area contributed by atoms with Crippen LogP contribution in [0.15, 0.2) is 18.2 Å². The Bertz CT molecular complexity index is 374. The highest BCUT2D eigenvalue weighted by atomic mass is 19.1. The van der Waals surface area contributed by atoms with Gasteiger partial charge in [0.2, 0.25) is 0 Å². The third kappa shape index (κ3) is 3.19. The molecule has 0 amide bonds. The van der Waals surface area contributed by atoms with Crippen molar-refractivity contribution in [2.75, 3.05) is 13.2 Å². The molecule has 0 bridgehead atoms. The summed E-state index contributed by atoms with van der Waals surface area (Å²) in [5, 5.41) is 9.07. The van der Waals surface area contributed by atoms with Gasteiger partial charge in [0, 0.05) is 18.6 Å². The van der Waals surface area contributed by atoms with E-state index in [1.807, 2.05) is 13.0 Å². The second-order valence-corrected chi connectivity index (χ2v) is 4.91. The molecule has 1 aromatic carbocycles. The molecule has 0 spiro atoms. The van der Waals surface area contributed by atoms with E-state index in [9.17, 15) is 4.39 Å². The molecule has 1 atom stereocenters. The number of hydrogen-bond donors (Lipinski definition) is 1. The molecule has 0 radical (unpaired) electrons. The van der Waals surface area contributed by atoms with Gasteiger partial charge in [0.1, 0.15) is 11.6 Å². The van der Waals surface area contributed by atoms with Crippen molar-refractivity contribution in [3.05, 3.63) is 29.6 Å². The smallest absolute Gasteiger partial charge is 0.127 e. The fourth-order valence-corrected chi connectivity index (χ4v) is 1.93. The van der Waals surface area contributed by atoms with Crippen molar-refractivity contribution in [2.45, 2.75) is 32.1 Å². The Balaban J connectivity index is 2.02. The van der Waals surface area contributed by atoms with Crippen LogP contribution >= 0.6 is 0 Å². The summed E-state index contributed by atoms with van der Waals surface area (Å²) >= 11 is 0. The molecule has 1 aromatic rings. The Hall–Kier alpha value is -1.09. The lowest BCUT2D eigenvalue weighted by Gasteiger charge is -2.25. The number of rotatable bonds is 5. The highest BCUT2D eigenvalue weighted by Crippen LogP contribution is 2.28. The van der Waals surface area contributed by atoms with Gasteiger partial charge in [-0.25, -0.2) is 4.39 Å². The van der Waals surface area contributed by atoms with E-state index in [2.05, 4.69) is 0 Å². The van der Waals surface area contributed by atoms with E-state index >= 15 is 0 Å². The van der Waals surface area contributed by atoms with Crippen LogP contribution in [0.1, 0.15) is 37.7 Å². The van der Waals surface area contributed by atoms with E-state index in [1.165, 1.54) is 31.4 Å². The second kappa shape index (κ2) is 5.50. The van der Waals surface area contributed by atoms with E-state index in [1.54, 1.807) is 0 Å². The Kier molecular flexibility index (Phi) is 4.00. The molecule has 1 aliphatic carbocycles. The normalized spacial score (nSPS) is 17.6. The van der Waals surface area contributed by atoms with Crippen molar-refractivity contribution in [3.63, 3.8) is 0 Å². The summed E-state index contributed by atoms with van der Waals surface area (Å²) in [5.41, 5.74) is 0.788. The van der Waals surface area contributed by atoms with Crippen molar-refractivity contribution in [1.29, 1.82) is 0 Å². The molecule has 1 aliphatic rings. The van der Waals surface area contributed by atoms with Crippen LogP contribution in [0.5, 0.6) is 5.75 Å². The molecule has 1 saturated carbocycles. The molecule has 0 saturated heterocycles. The van der Waals surface area contributed by atoms with E-state index in [0.29, 0.717) is 18.3 Å². The van der Waals surface area contributed by atoms with Crippen LogP contribution in [0.25, 0.3) is 0 Å². The standard InChI is InChI=1S/C14H19FO2/c1-10(8-16)12-5-13(15)7-14(6-12)17-9-11-3-2-4-11/h5-7,10-11,16H,2-4,8-9H2,1H3. The van der Waals surface area contributed by atoms with Gasteiger partial charge in [0.25, 0.3) is 0 Å². The molecule has 1 unspecified atom stereocenters. The van der Waals surface area contributed by atoms with Gasteiger partial charge >= 0.3 is 0 Å². The maximum Gasteiger partial charge on any atom is 0.127 e. The summed E-state index contributed by atoms with van der Waals surface area (Å²) in [7, 11) is 0. The van der Waals surface area contributed by atoms with E-state index < -0.39 is 0 Å². The van der Waals surface area contributed by atoms with Gasteiger partial charge < -0.3 is 9.84 Å². The zero-order valence-corrected chi connectivity index (χ0v) is 10.2. The molecule has 1 fully saturated rings. The minimum Gasteiger partial charge on any atom is -0.493 e. The Morgan fingerprint density at radius 3 is 2.76 bits per heavy atom. The highest BCUT2D eigenvalue weighted by molar-refractivity contribution is 5.31. The van der Waals surface area contributed by atoms with Crippen molar-refractivity contribution < 1.29 is 14.2 Å². The predicted octanol–water partition coefficient (Wildman–Crippen LogP) is 3.10. The third-order valence-electron chi connectivity index (χ3n) is 3.45. The van der Waals surface area contributed by atoms with Crippen molar-refractivity contribution >= 4 is 0 Å². The minimum atomic E-state index is -0.300. The molecule has 1 N–H and O–H groups in total. The number of aliphatic hydroxyl groups excluding tert-OH is 1. The highest BCUT2D eigenvalue weighted by Gasteiger charge is 2.18. The van der Waals surface area contributed by atoms with Crippen LogP contribution in [-0.2, 0) is 0 Å². The first-order valence-corrected chi connectivity index (χ1v) is 6.23. The number of halogens is 1. The molecule has 94 valence electrons. The first-order chi connectivity index (χ1) is 8.19. The fraction of sp³-hybridized carbons (Fsp3) is 0.571. The summed E-state index contributed by atoms with van der Waals surface area (Å²) in [4.78, 5) is 0. The van der Waals surface area contributed by atoms with E-state index in [4.69, 9.17) is 9.84 Å². The zero-order chi connectivity index (χ0) is 12.3. The van der Waals surface area contributed by atoms with Gasteiger partial charge in [-0.15, -0.1) is 0 Å². The largest absolute Gasteiger partial charge is 0.493 e. The minimum absolute atomic E-state index is 0.0194. The summed E-state index contributed by atoms with van der Waals surface area (Å²) in [6.45, 7) is 2.56. The lowest BCUT2D eigenvalue weighted by atomic mass is 9.86. The van der Waals surface area contributed by atoms with Crippen LogP contribution in [0, 0.1) is 11.7 Å². The van der Waals surface area contributed by atoms with E-state index in [-0.39, 0.29) is 18.3 Å². The Labute approximate surface area is 101 Å². The molecule has 17 heavy (non-hydrogen) atoms. The van der Waals surface area contributed by atoms with Crippen molar-refractivity contribution in [1.82, 2.24) is 0 Å². The maximum atomic E-state index is 13.4. The molecule has 2 nitrogen and oxygen atoms in total. The monoisotopic (exact) mass is 238 g/mol. The predicted molar refractivity (Wildman–Crippen MR) is 64.7 cm³/mol. The Morgan fingerprint density at radius 2 is 2.18 bits per heavy atom. The van der Waals surface area contributed by atoms with Crippen LogP contribution < -0.4 is 4.74 Å². The Morgan fingerprint density at radius 1 is 1.41 bits per heavy atom. The van der Waals surface area contributed by atoms with Gasteiger partial charge in [0.05, 0.1) is 6.61 Å². The molecule has 0 aliphatic heterocycles. The number of ether oxygens (including phenoxy) is 1. The third-order valence-corrected chi connectivity index (χ3v) is 3.45. The summed E-state index contributed by atoms with van der Waals surface area (Å²) in [6, 6.07) is 4.69. The average Bonchev–Trinajstić information content (AvgIpc) is 2.25. The summed E-state index contributed by atoms with van der Waals surface area (Å²) in [5.74, 6) is 0.854. The molecule has 2 rings (SSSR count). The van der Waals surface area contributed by atoms with Gasteiger partial charge in [-0.3, -0.25) is 0 Å². The van der Waals surface area contributed by atoms with Crippen molar-refractivity contribution in [2.24, 2.45) is 5.92 Å². The number of hydrogen-bond acceptors (Lipinski definition) is 2. The maximum absolute atomic E-state index is 13.4. The lowest BCUT2D eigenvalue weighted by Crippen LogP contribution is -2.19. The van der Waals surface area contributed by atoms with Crippen LogP contribution in [-0.4, -0.2) is 18.3 Å². The van der Waals surface area contributed by atoms with Gasteiger partial charge in [0.15, 0.2) is 0 Å². The fourth-order valence-electron chi connectivity index (χ4n) is 1.93. The first-order valence-electron chi connectivity index (χ1n) is 6.23. The summed E-state index contributed by atoms with van der Waals surface area (Å²) in [6.07, 6.45) is 3.72. The summed E-state index contributed by atoms with van der Waals surface area (Å²) < 4.78 is 19.0. The van der Waals surface area contributed by atoms with Crippen LogP contribution in [0.4, 0.5) is 4.39 Å². The zero-order valence-electron chi connectivity index (χ0n) is 10.2. The topological polar surface area (TPSA) is 29.5 Å². The number of benzene rings is 1. The van der Waals surface area contributed by atoms with Gasteiger partial charge in [-0.2, -0.15) is 0 Å². The van der Waals surface area contributed by atoms with Gasteiger partial charge in [-0.1, -0.05) is 13.3 Å². The molecule has 3 heteroatoms. The van der Waals surface area contributed by atoms with Gasteiger partial charge in [-0.05, 0) is 36.5 Å². The molecular weight excluding hydrogens is 219 g/mol. The molecule has 0 aromatic heterocycles. The number of aliphatic hydroxyl groups is 1. The average molecular weight is 238 g/mol. The SMILES string of the molecule is CC(CO)c1cc(F)cc(OCC2CCC2)c1. The van der Waals surface area contributed by atoms with Crippen LogP contribution in [0.3, 0.4) is 0 Å². The quantitative estimate of drug-likeness (QED) is 0.854. The first kappa shape index (κ1) is 12.4. The molecule has 0 heterocycles. The lowest BCUT2D eigenvalue weighted by molar-refractivity contribution is 0.180. The van der Waals surface area contributed by atoms with E-state index in [0.717, 1.165) is 5.56 Å².